The van der Waals surface area contributed by atoms with Gasteiger partial charge < -0.3 is 15.0 Å². The predicted molar refractivity (Wildman–Crippen MR) is 113 cm³/mol. The number of aromatic nitrogens is 3. The van der Waals surface area contributed by atoms with Gasteiger partial charge in [0.25, 0.3) is 5.56 Å². The lowest BCUT2D eigenvalue weighted by atomic mass is 10.2. The van der Waals surface area contributed by atoms with E-state index < -0.39 is 0 Å². The molecule has 0 aliphatic rings. The van der Waals surface area contributed by atoms with Crippen LogP contribution < -0.4 is 15.6 Å². The van der Waals surface area contributed by atoms with Gasteiger partial charge in [-0.05, 0) is 32.4 Å². The van der Waals surface area contributed by atoms with Crippen LogP contribution in [0.15, 0.2) is 23.1 Å². The number of pyridine rings is 1. The number of aromatic amines is 1. The fourth-order valence-corrected chi connectivity index (χ4v) is 4.54. The zero-order valence-electron chi connectivity index (χ0n) is 16.2. The molecule has 0 spiro atoms. The Labute approximate surface area is 170 Å². The highest BCUT2D eigenvalue weighted by Gasteiger charge is 2.16. The number of hydrogen-bond donors (Lipinski definition) is 2. The Morgan fingerprint density at radius 3 is 2.96 bits per heavy atom. The average molecular weight is 419 g/mol. The molecule has 3 aromatic heterocycles. The third-order valence-electron chi connectivity index (χ3n) is 4.42. The molecule has 0 saturated heterocycles. The molecule has 148 valence electrons. The summed E-state index contributed by atoms with van der Waals surface area (Å²) in [5, 5.41) is 3.26. The summed E-state index contributed by atoms with van der Waals surface area (Å²) in [6, 6.07) is 3.66. The summed E-state index contributed by atoms with van der Waals surface area (Å²) in [6.45, 7) is 6.09. The number of thiophene rings is 1. The lowest BCUT2D eigenvalue weighted by Gasteiger charge is -2.13. The van der Waals surface area contributed by atoms with Gasteiger partial charge in [0.2, 0.25) is 11.8 Å². The smallest absolute Gasteiger partial charge is 0.259 e. The molecule has 7 nitrogen and oxygen atoms in total. The maximum atomic E-state index is 12.4. The van der Waals surface area contributed by atoms with Crippen molar-refractivity contribution in [3.8, 4) is 5.88 Å². The summed E-state index contributed by atoms with van der Waals surface area (Å²) in [5.74, 6) is 1.44. The molecule has 0 aliphatic heterocycles. The molecule has 3 rings (SSSR count). The van der Waals surface area contributed by atoms with Crippen molar-refractivity contribution in [2.24, 2.45) is 0 Å². The molecule has 3 aromatic rings. The Morgan fingerprint density at radius 1 is 1.43 bits per heavy atom. The van der Waals surface area contributed by atoms with Crippen molar-refractivity contribution < 1.29 is 9.53 Å². The molecular weight excluding hydrogens is 396 g/mol. The first-order valence-electron chi connectivity index (χ1n) is 8.76. The minimum atomic E-state index is -0.296. The zero-order chi connectivity index (χ0) is 20.3. The number of ether oxygens (including phenoxy) is 1. The molecule has 0 saturated carbocycles. The zero-order valence-corrected chi connectivity index (χ0v) is 17.8. The van der Waals surface area contributed by atoms with E-state index in [4.69, 9.17) is 4.74 Å². The van der Waals surface area contributed by atoms with E-state index in [0.717, 1.165) is 20.8 Å². The quantitative estimate of drug-likeness (QED) is 0.612. The van der Waals surface area contributed by atoms with E-state index in [0.29, 0.717) is 29.4 Å². The summed E-state index contributed by atoms with van der Waals surface area (Å²) >= 11 is 2.94. The number of carbonyl (C=O) groups excluding carboxylic acids is 1. The van der Waals surface area contributed by atoms with E-state index in [9.17, 15) is 9.59 Å². The van der Waals surface area contributed by atoms with Gasteiger partial charge in [0, 0.05) is 23.2 Å². The van der Waals surface area contributed by atoms with Crippen LogP contribution in [0.4, 0.5) is 0 Å². The van der Waals surface area contributed by atoms with Gasteiger partial charge in [-0.25, -0.2) is 9.97 Å². The summed E-state index contributed by atoms with van der Waals surface area (Å²) < 4.78 is 5.19. The van der Waals surface area contributed by atoms with E-state index >= 15 is 0 Å². The number of rotatable bonds is 7. The van der Waals surface area contributed by atoms with Crippen LogP contribution in [0.1, 0.15) is 28.8 Å². The lowest BCUT2D eigenvalue weighted by Crippen LogP contribution is -2.30. The topological polar surface area (TPSA) is 97.0 Å². The molecule has 28 heavy (non-hydrogen) atoms. The Kier molecular flexibility index (Phi) is 6.35. The van der Waals surface area contributed by atoms with E-state index in [1.54, 1.807) is 19.4 Å². The maximum absolute atomic E-state index is 12.4. The van der Waals surface area contributed by atoms with Crippen LogP contribution >= 0.6 is 23.1 Å². The van der Waals surface area contributed by atoms with E-state index in [1.165, 1.54) is 23.1 Å². The van der Waals surface area contributed by atoms with Crippen molar-refractivity contribution in [2.45, 2.75) is 38.3 Å². The van der Waals surface area contributed by atoms with E-state index in [2.05, 4.69) is 20.3 Å². The van der Waals surface area contributed by atoms with Crippen molar-refractivity contribution in [1.82, 2.24) is 20.3 Å². The van der Waals surface area contributed by atoms with Crippen molar-refractivity contribution in [3.05, 3.63) is 50.5 Å². The number of fused-ring (bicyclic) bond motifs is 1. The Balaban J connectivity index is 1.60. The highest BCUT2D eigenvalue weighted by molar-refractivity contribution is 7.99. The number of carbonyl (C=O) groups is 1. The first-order chi connectivity index (χ1) is 13.4. The number of H-pyrrole nitrogens is 1. The molecule has 1 amide bonds. The maximum Gasteiger partial charge on any atom is 0.259 e. The standard InChI is InChI=1S/C19H22N4O3S2/c1-10-11(2)28-19-15(10)17(25)22-14(23-19)9-27-12(3)16(24)21-8-13-6-5-7-20-18(13)26-4/h5-7,12H,8-9H2,1-4H3,(H,21,24)(H,22,23,25)/t12-/m1/s1. The summed E-state index contributed by atoms with van der Waals surface area (Å²) in [6.07, 6.45) is 1.64. The fraction of sp³-hybridized carbons (Fsp3) is 0.368. The second-order valence-corrected chi connectivity index (χ2v) is 8.85. The minimum absolute atomic E-state index is 0.0952. The van der Waals surface area contributed by atoms with Gasteiger partial charge in [-0.1, -0.05) is 6.07 Å². The lowest BCUT2D eigenvalue weighted by molar-refractivity contribution is -0.120. The van der Waals surface area contributed by atoms with Crippen LogP contribution in [0.2, 0.25) is 0 Å². The molecular formula is C19H22N4O3S2. The largest absolute Gasteiger partial charge is 0.481 e. The van der Waals surface area contributed by atoms with E-state index in [1.807, 2.05) is 26.8 Å². The Hall–Kier alpha value is -2.39. The first-order valence-corrected chi connectivity index (χ1v) is 10.6. The van der Waals surface area contributed by atoms with Crippen molar-refractivity contribution in [2.75, 3.05) is 7.11 Å². The van der Waals surface area contributed by atoms with Crippen LogP contribution in [-0.2, 0) is 17.1 Å². The number of nitrogens with zero attached hydrogens (tertiary/aromatic N) is 2. The third kappa shape index (κ3) is 4.36. The third-order valence-corrected chi connectivity index (χ3v) is 6.68. The molecule has 0 aliphatic carbocycles. The summed E-state index contributed by atoms with van der Waals surface area (Å²) in [5.41, 5.74) is 1.67. The fourth-order valence-electron chi connectivity index (χ4n) is 2.72. The number of amides is 1. The minimum Gasteiger partial charge on any atom is -0.481 e. The molecule has 0 bridgehead atoms. The monoisotopic (exact) mass is 418 g/mol. The van der Waals surface area contributed by atoms with Gasteiger partial charge in [-0.3, -0.25) is 9.59 Å². The van der Waals surface area contributed by atoms with Crippen LogP contribution in [0, 0.1) is 13.8 Å². The molecule has 2 N–H and O–H groups in total. The normalized spacial score (nSPS) is 12.1. The first kappa shape index (κ1) is 20.3. The van der Waals surface area contributed by atoms with E-state index in [-0.39, 0.29) is 16.7 Å². The molecule has 0 radical (unpaired) electrons. The Morgan fingerprint density at radius 2 is 2.21 bits per heavy atom. The number of hydrogen-bond acceptors (Lipinski definition) is 7. The second kappa shape index (κ2) is 8.74. The molecule has 3 heterocycles. The van der Waals surface area contributed by atoms with Gasteiger partial charge in [0.1, 0.15) is 10.7 Å². The molecule has 0 aromatic carbocycles. The summed E-state index contributed by atoms with van der Waals surface area (Å²) in [4.78, 5) is 38.1. The van der Waals surface area contributed by atoms with Crippen LogP contribution in [0.5, 0.6) is 5.88 Å². The number of thioether (sulfide) groups is 1. The van der Waals surface area contributed by atoms with Gasteiger partial charge in [-0.2, -0.15) is 0 Å². The SMILES string of the molecule is COc1ncccc1CNC(=O)[C@@H](C)SCc1nc2sc(C)c(C)c2c(=O)[nH]1. The number of aryl methyl sites for hydroxylation is 2. The van der Waals surface area contributed by atoms with Crippen molar-refractivity contribution in [1.29, 1.82) is 0 Å². The molecule has 0 unspecified atom stereocenters. The number of nitrogens with one attached hydrogen (secondary N) is 2. The predicted octanol–water partition coefficient (Wildman–Crippen LogP) is 2.94. The van der Waals surface area contributed by atoms with Crippen molar-refractivity contribution >= 4 is 39.2 Å². The van der Waals surface area contributed by atoms with Crippen LogP contribution in [0.3, 0.4) is 0 Å². The highest BCUT2D eigenvalue weighted by atomic mass is 32.2. The van der Waals surface area contributed by atoms with Crippen LogP contribution in [0.25, 0.3) is 10.2 Å². The molecule has 9 heteroatoms. The highest BCUT2D eigenvalue weighted by Crippen LogP contribution is 2.26. The van der Waals surface area contributed by atoms with Crippen molar-refractivity contribution in [3.63, 3.8) is 0 Å². The van der Waals surface area contributed by atoms with Gasteiger partial charge in [-0.15, -0.1) is 23.1 Å². The van der Waals surface area contributed by atoms with Gasteiger partial charge in [0.15, 0.2) is 0 Å². The summed E-state index contributed by atoms with van der Waals surface area (Å²) in [7, 11) is 1.55. The van der Waals surface area contributed by atoms with Gasteiger partial charge >= 0.3 is 0 Å². The second-order valence-electron chi connectivity index (χ2n) is 6.32. The molecule has 1 atom stereocenters. The molecule has 0 fully saturated rings. The Bertz CT molecular complexity index is 1060. The number of methoxy groups -OCH3 is 1. The van der Waals surface area contributed by atoms with Crippen LogP contribution in [-0.4, -0.2) is 33.2 Å². The van der Waals surface area contributed by atoms with Gasteiger partial charge in [0.05, 0.1) is 23.5 Å². The average Bonchev–Trinajstić information content (AvgIpc) is 2.98.